The van der Waals surface area contributed by atoms with Gasteiger partial charge in [0.1, 0.15) is 5.82 Å². The highest BCUT2D eigenvalue weighted by molar-refractivity contribution is 6.35. The summed E-state index contributed by atoms with van der Waals surface area (Å²) >= 11 is 11.8. The van der Waals surface area contributed by atoms with Gasteiger partial charge in [-0.15, -0.1) is 0 Å². The molecule has 2 N–H and O–H groups in total. The molecule has 1 amide bonds. The Bertz CT molecular complexity index is 710. The summed E-state index contributed by atoms with van der Waals surface area (Å²) in [5.41, 5.74) is 1.59. The van der Waals surface area contributed by atoms with Crippen molar-refractivity contribution in [1.82, 2.24) is 10.6 Å². The van der Waals surface area contributed by atoms with Gasteiger partial charge in [0, 0.05) is 11.1 Å². The number of amides is 1. The summed E-state index contributed by atoms with van der Waals surface area (Å²) < 4.78 is 13.6. The molecule has 3 nitrogen and oxygen atoms in total. The Balaban J connectivity index is 1.91. The fraction of sp³-hybridized carbons (Fsp3) is 0.278. The van der Waals surface area contributed by atoms with E-state index in [1.54, 1.807) is 0 Å². The van der Waals surface area contributed by atoms with Gasteiger partial charge in [-0.2, -0.15) is 0 Å². The molecule has 0 aliphatic rings. The van der Waals surface area contributed by atoms with Gasteiger partial charge in [-0.1, -0.05) is 53.5 Å². The highest BCUT2D eigenvalue weighted by Crippen LogP contribution is 2.28. The summed E-state index contributed by atoms with van der Waals surface area (Å²) in [5, 5.41) is 6.28. The van der Waals surface area contributed by atoms with Crippen molar-refractivity contribution >= 4 is 29.1 Å². The van der Waals surface area contributed by atoms with Crippen molar-refractivity contribution < 1.29 is 9.18 Å². The lowest BCUT2D eigenvalue weighted by atomic mass is 10.1. The van der Waals surface area contributed by atoms with E-state index < -0.39 is 5.82 Å². The van der Waals surface area contributed by atoms with Crippen LogP contribution in [0.3, 0.4) is 0 Å². The van der Waals surface area contributed by atoms with E-state index in [1.807, 2.05) is 44.2 Å². The Kier molecular flexibility index (Phi) is 6.60. The molecule has 0 saturated carbocycles. The van der Waals surface area contributed by atoms with Crippen molar-refractivity contribution in [3.63, 3.8) is 0 Å². The number of benzene rings is 2. The minimum absolute atomic E-state index is 0.0228. The average Bonchev–Trinajstić information content (AvgIpc) is 2.56. The second kappa shape index (κ2) is 8.47. The second-order valence-electron chi connectivity index (χ2n) is 5.59. The number of nitrogens with one attached hydrogen (secondary N) is 2. The lowest BCUT2D eigenvalue weighted by Crippen LogP contribution is -2.36. The predicted octanol–water partition coefficient (Wildman–Crippen LogP) is 4.66. The van der Waals surface area contributed by atoms with Crippen molar-refractivity contribution in [3.05, 3.63) is 69.5 Å². The van der Waals surface area contributed by atoms with E-state index in [2.05, 4.69) is 10.6 Å². The molecule has 6 heteroatoms. The Morgan fingerprint density at radius 2 is 1.75 bits per heavy atom. The molecule has 24 heavy (non-hydrogen) atoms. The van der Waals surface area contributed by atoms with Gasteiger partial charge >= 0.3 is 0 Å². The van der Waals surface area contributed by atoms with Gasteiger partial charge in [-0.25, -0.2) is 4.39 Å². The first kappa shape index (κ1) is 18.7. The highest BCUT2D eigenvalue weighted by atomic mass is 35.5. The molecule has 0 aromatic heterocycles. The summed E-state index contributed by atoms with van der Waals surface area (Å²) in [6.45, 7) is 3.82. The molecule has 0 unspecified atom stereocenters. The third-order valence-electron chi connectivity index (χ3n) is 3.75. The molecule has 0 aliphatic carbocycles. The van der Waals surface area contributed by atoms with E-state index in [1.165, 1.54) is 12.1 Å². The van der Waals surface area contributed by atoms with Gasteiger partial charge in [0.15, 0.2) is 0 Å². The fourth-order valence-corrected chi connectivity index (χ4v) is 2.89. The van der Waals surface area contributed by atoms with Crippen LogP contribution in [-0.2, 0) is 4.79 Å². The molecule has 0 saturated heterocycles. The molecule has 0 aliphatic heterocycles. The molecular formula is C18H19Cl2FN2O. The lowest BCUT2D eigenvalue weighted by Gasteiger charge is -2.18. The summed E-state index contributed by atoms with van der Waals surface area (Å²) in [4.78, 5) is 12.1. The summed E-state index contributed by atoms with van der Waals surface area (Å²) in [5.74, 6) is -0.685. The Labute approximate surface area is 151 Å². The molecule has 0 heterocycles. The van der Waals surface area contributed by atoms with Crippen LogP contribution in [0.5, 0.6) is 0 Å². The molecule has 2 atom stereocenters. The molecule has 128 valence electrons. The number of rotatable bonds is 6. The largest absolute Gasteiger partial charge is 0.348 e. The lowest BCUT2D eigenvalue weighted by molar-refractivity contribution is -0.121. The second-order valence-corrected chi connectivity index (χ2v) is 6.40. The zero-order valence-electron chi connectivity index (χ0n) is 13.4. The van der Waals surface area contributed by atoms with E-state index >= 15 is 0 Å². The van der Waals surface area contributed by atoms with Crippen molar-refractivity contribution in [2.75, 3.05) is 6.54 Å². The monoisotopic (exact) mass is 368 g/mol. The van der Waals surface area contributed by atoms with Gasteiger partial charge < -0.3 is 10.6 Å². The van der Waals surface area contributed by atoms with Gasteiger partial charge in [0.2, 0.25) is 5.91 Å². The maximum atomic E-state index is 13.6. The third kappa shape index (κ3) is 4.94. The van der Waals surface area contributed by atoms with Crippen molar-refractivity contribution in [2.45, 2.75) is 25.9 Å². The van der Waals surface area contributed by atoms with Crippen molar-refractivity contribution in [1.29, 1.82) is 0 Å². The molecule has 0 bridgehead atoms. The average molecular weight is 369 g/mol. The summed E-state index contributed by atoms with van der Waals surface area (Å²) in [6.07, 6.45) is 0. The van der Waals surface area contributed by atoms with Crippen LogP contribution in [0, 0.1) is 5.82 Å². The van der Waals surface area contributed by atoms with Gasteiger partial charge in [-0.3, -0.25) is 4.79 Å². The molecule has 2 rings (SSSR count). The Morgan fingerprint density at radius 3 is 2.42 bits per heavy atom. The molecule has 0 fully saturated rings. The van der Waals surface area contributed by atoms with E-state index in [0.717, 1.165) is 5.56 Å². The maximum absolute atomic E-state index is 13.6. The minimum atomic E-state index is -0.535. The fourth-order valence-electron chi connectivity index (χ4n) is 2.34. The smallest absolute Gasteiger partial charge is 0.234 e. The molecule has 0 radical (unpaired) electrons. The minimum Gasteiger partial charge on any atom is -0.348 e. The topological polar surface area (TPSA) is 41.1 Å². The van der Waals surface area contributed by atoms with Crippen LogP contribution >= 0.6 is 23.2 Å². The van der Waals surface area contributed by atoms with Crippen LogP contribution in [0.2, 0.25) is 10.0 Å². The quantitative estimate of drug-likeness (QED) is 0.727. The maximum Gasteiger partial charge on any atom is 0.234 e. The van der Waals surface area contributed by atoms with Crippen LogP contribution in [-0.4, -0.2) is 12.5 Å². The van der Waals surface area contributed by atoms with Crippen LogP contribution in [0.15, 0.2) is 42.5 Å². The van der Waals surface area contributed by atoms with Gasteiger partial charge in [0.05, 0.1) is 17.6 Å². The number of hydrogen-bond donors (Lipinski definition) is 2. The van der Waals surface area contributed by atoms with E-state index in [9.17, 15) is 9.18 Å². The Morgan fingerprint density at radius 1 is 1.08 bits per heavy atom. The third-order valence-corrected chi connectivity index (χ3v) is 4.37. The number of hydrogen-bond acceptors (Lipinski definition) is 2. The molecular weight excluding hydrogens is 350 g/mol. The summed E-state index contributed by atoms with van der Waals surface area (Å²) in [7, 11) is 0. The Hall–Kier alpha value is -1.62. The standard InChI is InChI=1S/C18H19Cl2FN2O/c1-11(13-6-4-3-5-7-13)23-18(24)10-22-12(2)14-8-17(21)16(20)9-15(14)19/h3-9,11-12,22H,10H2,1-2H3,(H,23,24)/t11-,12-/m1/s1. The number of carbonyl (C=O) groups is 1. The normalized spacial score (nSPS) is 13.4. The van der Waals surface area contributed by atoms with Crippen LogP contribution in [0.4, 0.5) is 4.39 Å². The first-order chi connectivity index (χ1) is 11.4. The van der Waals surface area contributed by atoms with Gasteiger partial charge in [0.25, 0.3) is 0 Å². The van der Waals surface area contributed by atoms with Crippen LogP contribution < -0.4 is 10.6 Å². The van der Waals surface area contributed by atoms with Gasteiger partial charge in [-0.05, 0) is 37.1 Å². The van der Waals surface area contributed by atoms with Crippen molar-refractivity contribution in [3.8, 4) is 0 Å². The van der Waals surface area contributed by atoms with Crippen molar-refractivity contribution in [2.24, 2.45) is 0 Å². The van der Waals surface area contributed by atoms with Crippen LogP contribution in [0.25, 0.3) is 0 Å². The number of halogens is 3. The highest BCUT2D eigenvalue weighted by Gasteiger charge is 2.15. The number of carbonyl (C=O) groups excluding carboxylic acids is 1. The SMILES string of the molecule is C[C@@H](NC(=O)CN[C@H](C)c1cc(F)c(Cl)cc1Cl)c1ccccc1. The van der Waals surface area contributed by atoms with E-state index in [4.69, 9.17) is 23.2 Å². The van der Waals surface area contributed by atoms with Crippen LogP contribution in [0.1, 0.15) is 37.1 Å². The summed E-state index contributed by atoms with van der Waals surface area (Å²) in [6, 6.07) is 12.0. The van der Waals surface area contributed by atoms with E-state index in [-0.39, 0.29) is 29.6 Å². The zero-order valence-corrected chi connectivity index (χ0v) is 15.0. The predicted molar refractivity (Wildman–Crippen MR) is 95.8 cm³/mol. The zero-order chi connectivity index (χ0) is 17.7. The molecule has 0 spiro atoms. The molecule has 2 aromatic rings. The molecule has 2 aromatic carbocycles. The van der Waals surface area contributed by atoms with E-state index in [0.29, 0.717) is 10.6 Å². The first-order valence-electron chi connectivity index (χ1n) is 7.60. The first-order valence-corrected chi connectivity index (χ1v) is 8.36.